The van der Waals surface area contributed by atoms with E-state index in [1.54, 1.807) is 67.6 Å². The van der Waals surface area contributed by atoms with Gasteiger partial charge in [0.05, 0.1) is 25.4 Å². The fourth-order valence-corrected chi connectivity index (χ4v) is 3.14. The number of hydrogen-bond acceptors (Lipinski definition) is 4. The van der Waals surface area contributed by atoms with Crippen molar-refractivity contribution in [1.82, 2.24) is 4.90 Å². The van der Waals surface area contributed by atoms with Crippen molar-refractivity contribution in [1.29, 1.82) is 0 Å². The Balaban J connectivity index is 1.99. The maximum absolute atomic E-state index is 12.7. The lowest BCUT2D eigenvalue weighted by molar-refractivity contribution is -0.862. The lowest BCUT2D eigenvalue weighted by atomic mass is 10.1. The zero-order valence-corrected chi connectivity index (χ0v) is 18.5. The number of benzene rings is 2. The van der Waals surface area contributed by atoms with Crippen LogP contribution in [0.5, 0.6) is 5.75 Å². The number of quaternary nitrogens is 1. The van der Waals surface area contributed by atoms with E-state index in [1.807, 2.05) is 13.8 Å². The molecule has 0 saturated carbocycles. The maximum atomic E-state index is 12.7. The third-order valence-electron chi connectivity index (χ3n) is 4.83. The van der Waals surface area contributed by atoms with E-state index in [0.717, 1.165) is 4.90 Å². The molecule has 0 aliphatic heterocycles. The molecular weight excluding hydrogens is 396 g/mol. The fraction of sp³-hybridized carbons (Fsp3) is 0.348. The van der Waals surface area contributed by atoms with Crippen molar-refractivity contribution in [2.75, 3.05) is 51.0 Å². The summed E-state index contributed by atoms with van der Waals surface area (Å²) < 4.78 is 5.12. The predicted octanol–water partition coefficient (Wildman–Crippen LogP) is 1.27. The number of anilines is 2. The molecule has 2 rings (SSSR count). The molecule has 0 aromatic heterocycles. The molecule has 0 bridgehead atoms. The van der Waals surface area contributed by atoms with Crippen LogP contribution in [0.15, 0.2) is 48.5 Å². The molecule has 0 aliphatic rings. The number of nitrogens with one attached hydrogen (secondary N) is 3. The van der Waals surface area contributed by atoms with Crippen LogP contribution in [0.1, 0.15) is 24.2 Å². The first kappa shape index (κ1) is 23.9. The lowest BCUT2D eigenvalue weighted by Crippen LogP contribution is -3.11. The van der Waals surface area contributed by atoms with Crippen molar-refractivity contribution in [3.05, 3.63) is 54.1 Å². The van der Waals surface area contributed by atoms with Gasteiger partial charge in [-0.1, -0.05) is 12.1 Å². The molecule has 0 spiro atoms. The van der Waals surface area contributed by atoms with Gasteiger partial charge in [0.15, 0.2) is 13.1 Å². The Morgan fingerprint density at radius 1 is 0.935 bits per heavy atom. The van der Waals surface area contributed by atoms with Gasteiger partial charge >= 0.3 is 0 Å². The van der Waals surface area contributed by atoms with Crippen LogP contribution in [0.2, 0.25) is 0 Å². The van der Waals surface area contributed by atoms with Gasteiger partial charge < -0.3 is 25.2 Å². The molecule has 3 amide bonds. The molecule has 8 nitrogen and oxygen atoms in total. The SMILES string of the molecule is CCN(CC)C(=O)C[NH+](C)CC(=O)Nc1ccccc1C(=O)Nc1ccc(OC)cc1. The number of likely N-dealkylation sites (N-methyl/N-ethyl adjacent to an activating group) is 2. The molecule has 0 aliphatic carbocycles. The van der Waals surface area contributed by atoms with E-state index < -0.39 is 0 Å². The van der Waals surface area contributed by atoms with E-state index >= 15 is 0 Å². The zero-order chi connectivity index (χ0) is 22.8. The minimum absolute atomic E-state index is 0.00886. The topological polar surface area (TPSA) is 92.2 Å². The maximum Gasteiger partial charge on any atom is 0.279 e. The van der Waals surface area contributed by atoms with Crippen LogP contribution in [0, 0.1) is 0 Å². The summed E-state index contributed by atoms with van der Waals surface area (Å²) in [6, 6.07) is 13.8. The number of ether oxygens (including phenoxy) is 1. The average molecular weight is 428 g/mol. The first-order chi connectivity index (χ1) is 14.9. The number of para-hydroxylation sites is 1. The summed E-state index contributed by atoms with van der Waals surface area (Å²) in [6.45, 7) is 5.49. The molecule has 1 atom stereocenters. The van der Waals surface area contributed by atoms with E-state index in [4.69, 9.17) is 4.74 Å². The summed E-state index contributed by atoms with van der Waals surface area (Å²) >= 11 is 0. The third kappa shape index (κ3) is 7.11. The zero-order valence-electron chi connectivity index (χ0n) is 18.5. The van der Waals surface area contributed by atoms with Gasteiger partial charge in [-0.2, -0.15) is 0 Å². The van der Waals surface area contributed by atoms with Crippen LogP contribution < -0.4 is 20.3 Å². The summed E-state index contributed by atoms with van der Waals surface area (Å²) in [4.78, 5) is 40.0. The molecule has 1 unspecified atom stereocenters. The number of rotatable bonds is 10. The number of methoxy groups -OCH3 is 1. The van der Waals surface area contributed by atoms with Crippen molar-refractivity contribution in [2.45, 2.75) is 13.8 Å². The van der Waals surface area contributed by atoms with Crippen molar-refractivity contribution in [3.63, 3.8) is 0 Å². The van der Waals surface area contributed by atoms with Gasteiger partial charge in [0.25, 0.3) is 17.7 Å². The highest BCUT2D eigenvalue weighted by Crippen LogP contribution is 2.19. The van der Waals surface area contributed by atoms with E-state index in [2.05, 4.69) is 10.6 Å². The Labute approximate surface area is 183 Å². The molecule has 166 valence electrons. The number of carbonyl (C=O) groups is 3. The Kier molecular flexibility index (Phi) is 9.02. The summed E-state index contributed by atoms with van der Waals surface area (Å²) in [5, 5.41) is 5.61. The minimum atomic E-state index is -0.335. The Bertz CT molecular complexity index is 895. The van der Waals surface area contributed by atoms with Crippen LogP contribution in [0.25, 0.3) is 0 Å². The molecule has 2 aromatic carbocycles. The van der Waals surface area contributed by atoms with E-state index in [9.17, 15) is 14.4 Å². The molecule has 0 heterocycles. The van der Waals surface area contributed by atoms with Crippen LogP contribution in [0.3, 0.4) is 0 Å². The summed E-state index contributed by atoms with van der Waals surface area (Å²) in [5.74, 6) is 0.0966. The second kappa shape index (κ2) is 11.7. The van der Waals surface area contributed by atoms with Gasteiger partial charge in [-0.3, -0.25) is 14.4 Å². The van der Waals surface area contributed by atoms with Crippen LogP contribution in [-0.4, -0.2) is 63.0 Å². The molecule has 2 aromatic rings. The molecular formula is C23H31N4O4+. The predicted molar refractivity (Wildman–Crippen MR) is 121 cm³/mol. The third-order valence-corrected chi connectivity index (χ3v) is 4.83. The van der Waals surface area contributed by atoms with E-state index in [0.29, 0.717) is 35.8 Å². The van der Waals surface area contributed by atoms with Gasteiger partial charge in [-0.25, -0.2) is 0 Å². The van der Waals surface area contributed by atoms with Crippen LogP contribution in [0.4, 0.5) is 11.4 Å². The highest BCUT2D eigenvalue weighted by atomic mass is 16.5. The molecule has 3 N–H and O–H groups in total. The highest BCUT2D eigenvalue weighted by Gasteiger charge is 2.19. The van der Waals surface area contributed by atoms with Crippen molar-refractivity contribution < 1.29 is 24.0 Å². The van der Waals surface area contributed by atoms with Crippen LogP contribution in [-0.2, 0) is 9.59 Å². The van der Waals surface area contributed by atoms with Gasteiger partial charge in [0, 0.05) is 18.8 Å². The summed E-state index contributed by atoms with van der Waals surface area (Å²) in [5.41, 5.74) is 1.39. The van der Waals surface area contributed by atoms with Crippen LogP contribution >= 0.6 is 0 Å². The fourth-order valence-electron chi connectivity index (χ4n) is 3.14. The molecule has 8 heteroatoms. The van der Waals surface area contributed by atoms with Crippen molar-refractivity contribution >= 4 is 29.1 Å². The van der Waals surface area contributed by atoms with E-state index in [-0.39, 0.29) is 30.8 Å². The number of amides is 3. The quantitative estimate of drug-likeness (QED) is 0.533. The second-order valence-corrected chi connectivity index (χ2v) is 7.15. The van der Waals surface area contributed by atoms with E-state index in [1.165, 1.54) is 0 Å². The summed E-state index contributed by atoms with van der Waals surface area (Å²) in [6.07, 6.45) is 0. The Morgan fingerprint density at radius 2 is 1.58 bits per heavy atom. The largest absolute Gasteiger partial charge is 0.497 e. The molecule has 0 saturated heterocycles. The van der Waals surface area contributed by atoms with Crippen molar-refractivity contribution in [3.8, 4) is 5.75 Å². The minimum Gasteiger partial charge on any atom is -0.497 e. The van der Waals surface area contributed by atoms with Gasteiger partial charge in [-0.15, -0.1) is 0 Å². The van der Waals surface area contributed by atoms with Gasteiger partial charge in [0.1, 0.15) is 5.75 Å². The Hall–Kier alpha value is -3.39. The van der Waals surface area contributed by atoms with Gasteiger partial charge in [0.2, 0.25) is 0 Å². The molecule has 0 radical (unpaired) electrons. The molecule has 31 heavy (non-hydrogen) atoms. The number of hydrogen-bond donors (Lipinski definition) is 3. The average Bonchev–Trinajstić information content (AvgIpc) is 2.75. The van der Waals surface area contributed by atoms with Gasteiger partial charge in [-0.05, 0) is 50.2 Å². The Morgan fingerprint density at radius 3 is 2.19 bits per heavy atom. The highest BCUT2D eigenvalue weighted by molar-refractivity contribution is 6.10. The lowest BCUT2D eigenvalue weighted by Gasteiger charge is -2.21. The number of nitrogens with zero attached hydrogens (tertiary/aromatic N) is 1. The first-order valence-corrected chi connectivity index (χ1v) is 10.3. The summed E-state index contributed by atoms with van der Waals surface area (Å²) in [7, 11) is 3.37. The molecule has 0 fully saturated rings. The first-order valence-electron chi connectivity index (χ1n) is 10.3. The smallest absolute Gasteiger partial charge is 0.279 e. The standard InChI is InChI=1S/C23H30N4O4/c1-5-27(6-2)22(29)16-26(3)15-21(28)25-20-10-8-7-9-19(20)23(30)24-17-11-13-18(31-4)14-12-17/h7-14H,5-6,15-16H2,1-4H3,(H,24,30)(H,25,28)/p+1. The number of carbonyl (C=O) groups excluding carboxylic acids is 3. The second-order valence-electron chi connectivity index (χ2n) is 7.15. The monoisotopic (exact) mass is 427 g/mol. The van der Waals surface area contributed by atoms with Crippen molar-refractivity contribution in [2.24, 2.45) is 0 Å². The normalized spacial score (nSPS) is 11.4.